The summed E-state index contributed by atoms with van der Waals surface area (Å²) < 4.78 is 18.3. The quantitative estimate of drug-likeness (QED) is 0.626. The average molecular weight is 402 g/mol. The summed E-state index contributed by atoms with van der Waals surface area (Å²) in [5.41, 5.74) is 5.00. The Hall–Kier alpha value is -2.47. The molecule has 0 fully saturated rings. The normalized spacial score (nSPS) is 13.8. The fourth-order valence-electron chi connectivity index (χ4n) is 3.56. The summed E-state index contributed by atoms with van der Waals surface area (Å²) in [5.74, 6) is 1.97. The number of aromatic nitrogens is 1. The maximum atomic E-state index is 12.5. The van der Waals surface area contributed by atoms with E-state index in [0.29, 0.717) is 11.3 Å². The minimum Gasteiger partial charge on any atom is -0.493 e. The topological polar surface area (TPSA) is 49.7 Å². The Bertz CT molecular complexity index is 1010. The summed E-state index contributed by atoms with van der Waals surface area (Å²) in [7, 11) is 1.52. The van der Waals surface area contributed by atoms with Gasteiger partial charge in [0.1, 0.15) is 0 Å². The molecular weight excluding hydrogens is 386 g/mol. The highest BCUT2D eigenvalue weighted by Gasteiger charge is 2.24. The van der Waals surface area contributed by atoms with Crippen LogP contribution in [0, 0.1) is 0 Å². The third kappa shape index (κ3) is 2.32. The minimum absolute atomic E-state index is 0. The van der Waals surface area contributed by atoms with E-state index >= 15 is 0 Å². The molecule has 4 aliphatic rings. The summed E-state index contributed by atoms with van der Waals surface area (Å²) in [5, 5.41) is 0. The number of hydrogen-bond acceptors (Lipinski definition) is 4. The number of pyridine rings is 1. The number of ether oxygens (including phenoxy) is 3. The van der Waals surface area contributed by atoms with Crippen molar-refractivity contribution in [2.75, 3.05) is 13.9 Å². The fraction of sp³-hybridized carbons (Fsp3) is 0.211. The van der Waals surface area contributed by atoms with Crippen LogP contribution in [-0.2, 0) is 13.0 Å². The van der Waals surface area contributed by atoms with Gasteiger partial charge < -0.3 is 18.8 Å². The van der Waals surface area contributed by atoms with Gasteiger partial charge in [-0.25, -0.2) is 0 Å². The van der Waals surface area contributed by atoms with Crippen molar-refractivity contribution in [3.05, 3.63) is 52.3 Å². The Kier molecular flexibility index (Phi) is 3.72. The number of benzene rings is 2. The van der Waals surface area contributed by atoms with Crippen molar-refractivity contribution in [1.29, 1.82) is 0 Å². The third-order valence-electron chi connectivity index (χ3n) is 4.80. The second-order valence-corrected chi connectivity index (χ2v) is 6.06. The monoisotopic (exact) mass is 401 g/mol. The van der Waals surface area contributed by atoms with Gasteiger partial charge in [0.25, 0.3) is 0 Å². The zero-order valence-electron chi connectivity index (χ0n) is 13.6. The lowest BCUT2D eigenvalue weighted by atomic mass is 9.93. The van der Waals surface area contributed by atoms with Crippen LogP contribution in [0.2, 0.25) is 0 Å². The van der Waals surface area contributed by atoms with Crippen molar-refractivity contribution in [1.82, 2.24) is 4.57 Å². The molecule has 5 rings (SSSR count). The molecule has 5 nitrogen and oxygen atoms in total. The highest BCUT2D eigenvalue weighted by molar-refractivity contribution is 8.93. The smallest absolute Gasteiger partial charge is 0.231 e. The molecule has 1 aromatic carbocycles. The Labute approximate surface area is 154 Å². The number of methoxy groups -OCH3 is 1. The average Bonchev–Trinajstić information content (AvgIpc) is 3.06. The lowest BCUT2D eigenvalue weighted by molar-refractivity contribution is 0.174. The van der Waals surface area contributed by atoms with E-state index in [2.05, 4.69) is 16.7 Å². The molecule has 0 N–H and O–H groups in total. The van der Waals surface area contributed by atoms with Crippen molar-refractivity contribution in [2.45, 2.75) is 13.0 Å². The number of aryl methyl sites for hydroxylation is 2. The van der Waals surface area contributed by atoms with Gasteiger partial charge in [0.2, 0.25) is 12.2 Å². The summed E-state index contributed by atoms with van der Waals surface area (Å²) >= 11 is 0. The van der Waals surface area contributed by atoms with Crippen LogP contribution in [0.1, 0.15) is 5.56 Å². The highest BCUT2D eigenvalue weighted by Crippen LogP contribution is 2.42. The molecule has 1 aliphatic carbocycles. The van der Waals surface area contributed by atoms with Gasteiger partial charge >= 0.3 is 0 Å². The highest BCUT2D eigenvalue weighted by atomic mass is 79.9. The zero-order valence-corrected chi connectivity index (χ0v) is 15.3. The third-order valence-corrected chi connectivity index (χ3v) is 4.80. The summed E-state index contributed by atoms with van der Waals surface area (Å²) in [4.78, 5) is 12.5. The maximum Gasteiger partial charge on any atom is 0.231 e. The van der Waals surface area contributed by atoms with Crippen LogP contribution < -0.4 is 19.6 Å². The van der Waals surface area contributed by atoms with E-state index in [9.17, 15) is 4.79 Å². The van der Waals surface area contributed by atoms with Gasteiger partial charge in [0.15, 0.2) is 17.2 Å². The summed E-state index contributed by atoms with van der Waals surface area (Å²) in [6, 6.07) is 9.83. The number of nitrogens with zero attached hydrogens (tertiary/aromatic N) is 1. The molecule has 0 spiro atoms. The zero-order chi connectivity index (χ0) is 16.3. The van der Waals surface area contributed by atoms with Crippen molar-refractivity contribution >= 4 is 17.0 Å². The Balaban J connectivity index is 0.00000157. The van der Waals surface area contributed by atoms with Crippen LogP contribution in [0.5, 0.6) is 17.2 Å². The molecule has 6 heteroatoms. The molecule has 0 amide bonds. The van der Waals surface area contributed by atoms with Gasteiger partial charge in [0.05, 0.1) is 7.11 Å². The largest absolute Gasteiger partial charge is 0.493 e. The van der Waals surface area contributed by atoms with E-state index in [0.717, 1.165) is 41.3 Å². The van der Waals surface area contributed by atoms with E-state index in [1.807, 2.05) is 18.3 Å². The first-order valence-electron chi connectivity index (χ1n) is 7.89. The molecule has 0 aromatic heterocycles. The minimum atomic E-state index is -0.0678. The van der Waals surface area contributed by atoms with Gasteiger partial charge in [-0.1, -0.05) is 6.07 Å². The Morgan fingerprint density at radius 3 is 2.68 bits per heavy atom. The van der Waals surface area contributed by atoms with Gasteiger partial charge in [0, 0.05) is 29.6 Å². The molecule has 0 saturated heterocycles. The van der Waals surface area contributed by atoms with Crippen molar-refractivity contribution in [2.24, 2.45) is 0 Å². The van der Waals surface area contributed by atoms with Crippen LogP contribution in [0.25, 0.3) is 22.4 Å². The van der Waals surface area contributed by atoms with Crippen LogP contribution >= 0.6 is 17.0 Å². The molecule has 3 aliphatic heterocycles. The first-order valence-corrected chi connectivity index (χ1v) is 7.89. The van der Waals surface area contributed by atoms with Crippen LogP contribution in [0.4, 0.5) is 0 Å². The second kappa shape index (κ2) is 5.81. The molecular formula is C19H16BrNO4. The molecule has 0 radical (unpaired) electrons. The molecule has 3 heterocycles. The van der Waals surface area contributed by atoms with E-state index in [4.69, 9.17) is 14.2 Å². The molecule has 0 saturated carbocycles. The number of hydrogen-bond donors (Lipinski definition) is 0. The molecule has 1 aromatic rings. The Morgan fingerprint density at radius 2 is 1.88 bits per heavy atom. The van der Waals surface area contributed by atoms with Gasteiger partial charge in [-0.05, 0) is 41.8 Å². The van der Waals surface area contributed by atoms with Crippen LogP contribution in [0.3, 0.4) is 0 Å². The Morgan fingerprint density at radius 1 is 1.08 bits per heavy atom. The second-order valence-electron chi connectivity index (χ2n) is 6.06. The summed E-state index contributed by atoms with van der Waals surface area (Å²) in [6.45, 7) is 1.10. The first kappa shape index (κ1) is 16.0. The standard InChI is InChI=1S/C19H15NO4.BrH/c1-22-16-3-2-11-6-15-13-8-18-17(23-10-24-18)7-12(13)4-5-20(15)9-14(11)19(16)21;/h2-3,6-9H,4-5,10H2,1H3;1H. The SMILES string of the molecule is Br.COc1ccc2cc3n(cc-2c1=O)CCc1cc2c(cc1-3)OCO2. The predicted octanol–water partition coefficient (Wildman–Crippen LogP) is 3.49. The van der Waals surface area contributed by atoms with Crippen molar-refractivity contribution < 1.29 is 14.2 Å². The first-order chi connectivity index (χ1) is 11.7. The van der Waals surface area contributed by atoms with E-state index < -0.39 is 0 Å². The lowest BCUT2D eigenvalue weighted by Crippen LogP contribution is -2.16. The van der Waals surface area contributed by atoms with E-state index in [1.165, 1.54) is 12.7 Å². The van der Waals surface area contributed by atoms with Crippen molar-refractivity contribution in [3.8, 4) is 39.6 Å². The van der Waals surface area contributed by atoms with Crippen LogP contribution in [-0.4, -0.2) is 18.5 Å². The van der Waals surface area contributed by atoms with Crippen LogP contribution in [0.15, 0.2) is 41.3 Å². The predicted molar refractivity (Wildman–Crippen MR) is 99.5 cm³/mol. The van der Waals surface area contributed by atoms with Gasteiger partial charge in [-0.15, -0.1) is 17.0 Å². The van der Waals surface area contributed by atoms with Gasteiger partial charge in [-0.3, -0.25) is 4.79 Å². The molecule has 0 atom stereocenters. The number of rotatable bonds is 1. The molecule has 0 bridgehead atoms. The van der Waals surface area contributed by atoms with Crippen molar-refractivity contribution in [3.63, 3.8) is 0 Å². The van der Waals surface area contributed by atoms with Gasteiger partial charge in [-0.2, -0.15) is 0 Å². The maximum absolute atomic E-state index is 12.5. The van der Waals surface area contributed by atoms with E-state index in [-0.39, 0.29) is 29.2 Å². The summed E-state index contributed by atoms with van der Waals surface area (Å²) in [6.07, 6.45) is 2.83. The molecule has 128 valence electrons. The number of halogens is 1. The number of fused-ring (bicyclic) bond motifs is 5. The molecule has 0 unspecified atom stereocenters. The lowest BCUT2D eigenvalue weighted by Gasteiger charge is -2.25. The van der Waals surface area contributed by atoms with E-state index in [1.54, 1.807) is 6.07 Å². The fourth-order valence-corrected chi connectivity index (χ4v) is 3.56. The molecule has 25 heavy (non-hydrogen) atoms.